The maximum absolute atomic E-state index is 9.01. The SMILES string of the molecule is N#Cc1ccc2nc(NC3=NCCC(C4CCNCC4)=C3)sc2c1. The first kappa shape index (κ1) is 15.3. The van der Waals surface area contributed by atoms with Crippen LogP contribution in [0.1, 0.15) is 24.8 Å². The molecule has 4 rings (SSSR count). The van der Waals surface area contributed by atoms with Crippen LogP contribution in [0.3, 0.4) is 0 Å². The molecule has 2 N–H and O–H groups in total. The van der Waals surface area contributed by atoms with Crippen LogP contribution < -0.4 is 10.6 Å². The standard InChI is InChI=1S/C18H19N5S/c19-11-12-1-2-15-16(9-12)24-18(22-15)23-17-10-14(5-8-21-17)13-3-6-20-7-4-13/h1-2,9-10,13,20H,3-8H2,(H,21,22,23). The van der Waals surface area contributed by atoms with Crippen LogP contribution >= 0.6 is 11.3 Å². The van der Waals surface area contributed by atoms with Gasteiger partial charge in [0.2, 0.25) is 0 Å². The second-order valence-corrected chi connectivity index (χ2v) is 7.23. The molecule has 5 nitrogen and oxygen atoms in total. The van der Waals surface area contributed by atoms with Gasteiger partial charge in [-0.05, 0) is 62.5 Å². The third kappa shape index (κ3) is 3.18. The number of nitrogens with zero attached hydrogens (tertiary/aromatic N) is 3. The van der Waals surface area contributed by atoms with E-state index in [1.165, 1.54) is 18.4 Å². The fourth-order valence-corrected chi connectivity index (χ4v) is 4.26. The second-order valence-electron chi connectivity index (χ2n) is 6.20. The highest BCUT2D eigenvalue weighted by atomic mass is 32.1. The van der Waals surface area contributed by atoms with Crippen molar-refractivity contribution in [2.45, 2.75) is 19.3 Å². The van der Waals surface area contributed by atoms with Gasteiger partial charge in [0.05, 0.1) is 21.8 Å². The molecule has 0 spiro atoms. The lowest BCUT2D eigenvalue weighted by molar-refractivity contribution is 0.411. The molecule has 0 saturated carbocycles. The minimum atomic E-state index is 0.667. The van der Waals surface area contributed by atoms with Crippen LogP contribution in [0.4, 0.5) is 5.13 Å². The van der Waals surface area contributed by atoms with E-state index in [1.54, 1.807) is 17.4 Å². The number of nitriles is 1. The van der Waals surface area contributed by atoms with E-state index in [1.807, 2.05) is 12.1 Å². The third-order valence-electron chi connectivity index (χ3n) is 4.62. The molecule has 0 radical (unpaired) electrons. The Morgan fingerprint density at radius 3 is 3.00 bits per heavy atom. The lowest BCUT2D eigenvalue weighted by atomic mass is 9.87. The Bertz CT molecular complexity index is 852. The number of anilines is 1. The number of aliphatic imine (C=N–C) groups is 1. The van der Waals surface area contributed by atoms with Crippen molar-refractivity contribution >= 4 is 32.5 Å². The number of amidine groups is 1. The number of fused-ring (bicyclic) bond motifs is 1. The topological polar surface area (TPSA) is 73.1 Å². The molecular weight excluding hydrogens is 318 g/mol. The Morgan fingerprint density at radius 2 is 2.17 bits per heavy atom. The van der Waals surface area contributed by atoms with E-state index in [9.17, 15) is 0 Å². The van der Waals surface area contributed by atoms with Gasteiger partial charge in [-0.15, -0.1) is 0 Å². The van der Waals surface area contributed by atoms with Gasteiger partial charge >= 0.3 is 0 Å². The fraction of sp³-hybridized carbons (Fsp3) is 0.389. The van der Waals surface area contributed by atoms with E-state index in [4.69, 9.17) is 5.26 Å². The molecule has 2 aliphatic rings. The monoisotopic (exact) mass is 337 g/mol. The molecule has 122 valence electrons. The number of piperidine rings is 1. The highest BCUT2D eigenvalue weighted by Crippen LogP contribution is 2.29. The molecule has 0 unspecified atom stereocenters. The maximum atomic E-state index is 9.01. The van der Waals surface area contributed by atoms with Crippen LogP contribution in [0.15, 0.2) is 34.8 Å². The van der Waals surface area contributed by atoms with Gasteiger partial charge < -0.3 is 10.6 Å². The summed E-state index contributed by atoms with van der Waals surface area (Å²) >= 11 is 1.56. The lowest BCUT2D eigenvalue weighted by Crippen LogP contribution is -2.30. The normalized spacial score (nSPS) is 18.8. The molecule has 1 aromatic heterocycles. The summed E-state index contributed by atoms with van der Waals surface area (Å²) < 4.78 is 1.02. The molecule has 2 aromatic rings. The number of dihydropyridines is 1. The molecular formula is C18H19N5S. The van der Waals surface area contributed by atoms with Gasteiger partial charge in [-0.2, -0.15) is 5.26 Å². The first-order valence-corrected chi connectivity index (χ1v) is 9.17. The third-order valence-corrected chi connectivity index (χ3v) is 5.55. The van der Waals surface area contributed by atoms with Crippen LogP contribution in [0.5, 0.6) is 0 Å². The molecule has 24 heavy (non-hydrogen) atoms. The molecule has 1 fully saturated rings. The second kappa shape index (κ2) is 6.71. The van der Waals surface area contributed by atoms with Gasteiger partial charge in [-0.25, -0.2) is 4.98 Å². The summed E-state index contributed by atoms with van der Waals surface area (Å²) in [6.45, 7) is 3.07. The van der Waals surface area contributed by atoms with Crippen molar-refractivity contribution in [2.24, 2.45) is 10.9 Å². The van der Waals surface area contributed by atoms with E-state index in [0.717, 1.165) is 47.2 Å². The minimum absolute atomic E-state index is 0.667. The predicted molar refractivity (Wildman–Crippen MR) is 98.6 cm³/mol. The van der Waals surface area contributed by atoms with Gasteiger partial charge in [-0.3, -0.25) is 4.99 Å². The number of rotatable bonds is 2. The highest BCUT2D eigenvalue weighted by Gasteiger charge is 2.20. The van der Waals surface area contributed by atoms with E-state index in [-0.39, 0.29) is 0 Å². The van der Waals surface area contributed by atoms with Crippen LogP contribution in [-0.4, -0.2) is 30.5 Å². The Hall–Kier alpha value is -2.23. The van der Waals surface area contributed by atoms with Crippen LogP contribution in [0, 0.1) is 17.2 Å². The van der Waals surface area contributed by atoms with Gasteiger partial charge in [0.15, 0.2) is 5.13 Å². The summed E-state index contributed by atoms with van der Waals surface area (Å²) in [5, 5.41) is 16.6. The number of nitrogens with one attached hydrogen (secondary N) is 2. The van der Waals surface area contributed by atoms with Gasteiger partial charge in [0, 0.05) is 6.54 Å². The Morgan fingerprint density at radius 1 is 1.29 bits per heavy atom. The molecule has 0 aliphatic carbocycles. The average molecular weight is 337 g/mol. The zero-order valence-electron chi connectivity index (χ0n) is 13.4. The van der Waals surface area contributed by atoms with Crippen molar-refractivity contribution in [3.05, 3.63) is 35.4 Å². The summed E-state index contributed by atoms with van der Waals surface area (Å²) in [4.78, 5) is 9.20. The first-order chi connectivity index (χ1) is 11.8. The molecule has 0 atom stereocenters. The van der Waals surface area contributed by atoms with Crippen LogP contribution in [0.2, 0.25) is 0 Å². The summed E-state index contributed by atoms with van der Waals surface area (Å²) in [6, 6.07) is 7.76. The minimum Gasteiger partial charge on any atom is -0.317 e. The molecule has 0 amide bonds. The van der Waals surface area contributed by atoms with Crippen LogP contribution in [0.25, 0.3) is 10.2 Å². The molecule has 3 heterocycles. The van der Waals surface area contributed by atoms with Crippen molar-refractivity contribution in [3.8, 4) is 6.07 Å². The Kier molecular flexibility index (Phi) is 4.28. The van der Waals surface area contributed by atoms with E-state index in [2.05, 4.69) is 32.8 Å². The Balaban J connectivity index is 1.53. The number of thiazole rings is 1. The highest BCUT2D eigenvalue weighted by molar-refractivity contribution is 7.22. The summed E-state index contributed by atoms with van der Waals surface area (Å²) in [7, 11) is 0. The number of aromatic nitrogens is 1. The van der Waals surface area contributed by atoms with Crippen LogP contribution in [-0.2, 0) is 0 Å². The number of hydrogen-bond acceptors (Lipinski definition) is 6. The fourth-order valence-electron chi connectivity index (χ4n) is 3.35. The lowest BCUT2D eigenvalue weighted by Gasteiger charge is -2.27. The molecule has 1 saturated heterocycles. The van der Waals surface area contributed by atoms with Crippen molar-refractivity contribution in [3.63, 3.8) is 0 Å². The quantitative estimate of drug-likeness (QED) is 0.882. The molecule has 1 aromatic carbocycles. The Labute approximate surface area is 145 Å². The summed E-state index contributed by atoms with van der Waals surface area (Å²) in [6.07, 6.45) is 5.72. The van der Waals surface area contributed by atoms with Crippen molar-refractivity contribution < 1.29 is 0 Å². The van der Waals surface area contributed by atoms with Crippen molar-refractivity contribution in [2.75, 3.05) is 25.0 Å². The van der Waals surface area contributed by atoms with Crippen molar-refractivity contribution in [1.29, 1.82) is 5.26 Å². The summed E-state index contributed by atoms with van der Waals surface area (Å²) in [5.74, 6) is 1.60. The average Bonchev–Trinajstić information content (AvgIpc) is 3.04. The number of hydrogen-bond donors (Lipinski definition) is 2. The zero-order valence-corrected chi connectivity index (χ0v) is 14.2. The predicted octanol–water partition coefficient (Wildman–Crippen LogP) is 3.31. The van der Waals surface area contributed by atoms with Gasteiger partial charge in [-0.1, -0.05) is 16.9 Å². The largest absolute Gasteiger partial charge is 0.317 e. The summed E-state index contributed by atoms with van der Waals surface area (Å²) in [5.41, 5.74) is 3.10. The maximum Gasteiger partial charge on any atom is 0.189 e. The molecule has 6 heteroatoms. The van der Waals surface area contributed by atoms with E-state index < -0.39 is 0 Å². The molecule has 0 bridgehead atoms. The first-order valence-electron chi connectivity index (χ1n) is 8.35. The number of benzene rings is 1. The van der Waals surface area contributed by atoms with E-state index in [0.29, 0.717) is 11.5 Å². The molecule has 2 aliphatic heterocycles. The zero-order chi connectivity index (χ0) is 16.4. The van der Waals surface area contributed by atoms with E-state index >= 15 is 0 Å². The van der Waals surface area contributed by atoms with Gasteiger partial charge in [0.1, 0.15) is 5.84 Å². The smallest absolute Gasteiger partial charge is 0.189 e. The van der Waals surface area contributed by atoms with Gasteiger partial charge in [0.25, 0.3) is 0 Å². The van der Waals surface area contributed by atoms with Crippen molar-refractivity contribution in [1.82, 2.24) is 10.3 Å².